The second-order valence-corrected chi connectivity index (χ2v) is 7.24. The highest BCUT2D eigenvalue weighted by atomic mass is 16.5. The van der Waals surface area contributed by atoms with Gasteiger partial charge >= 0.3 is 6.03 Å². The molecule has 0 saturated carbocycles. The Kier molecular flexibility index (Phi) is 6.55. The van der Waals surface area contributed by atoms with E-state index >= 15 is 0 Å². The van der Waals surface area contributed by atoms with E-state index in [-0.39, 0.29) is 18.2 Å². The smallest absolute Gasteiger partial charge is 0.321 e. The summed E-state index contributed by atoms with van der Waals surface area (Å²) < 4.78 is 16.2. The zero-order valence-electron chi connectivity index (χ0n) is 16.8. The van der Waals surface area contributed by atoms with Crippen LogP contribution in [-0.4, -0.2) is 27.0 Å². The van der Waals surface area contributed by atoms with Crippen molar-refractivity contribution in [3.05, 3.63) is 47.5 Å². The summed E-state index contributed by atoms with van der Waals surface area (Å²) in [6.45, 7) is 8.50. The van der Waals surface area contributed by atoms with Gasteiger partial charge in [0.25, 0.3) is 0 Å². The van der Waals surface area contributed by atoms with Gasteiger partial charge in [-0.05, 0) is 36.1 Å². The molecule has 0 saturated heterocycles. The van der Waals surface area contributed by atoms with Gasteiger partial charge in [0, 0.05) is 11.8 Å². The Bertz CT molecular complexity index is 797. The summed E-state index contributed by atoms with van der Waals surface area (Å²) in [4.78, 5) is 12.1. The average Bonchev–Trinajstić information content (AvgIpc) is 2.62. The Morgan fingerprint density at radius 1 is 0.963 bits per heavy atom. The zero-order valence-corrected chi connectivity index (χ0v) is 16.8. The number of rotatable bonds is 6. The summed E-state index contributed by atoms with van der Waals surface area (Å²) in [5, 5.41) is 5.44. The van der Waals surface area contributed by atoms with Crippen molar-refractivity contribution >= 4 is 11.7 Å². The zero-order chi connectivity index (χ0) is 20.0. The number of ether oxygens (including phenoxy) is 3. The van der Waals surface area contributed by atoms with Crippen molar-refractivity contribution in [1.29, 1.82) is 0 Å². The van der Waals surface area contributed by atoms with E-state index in [4.69, 9.17) is 14.2 Å². The maximum Gasteiger partial charge on any atom is 0.321 e. The number of aryl methyl sites for hydroxylation is 1. The lowest BCUT2D eigenvalue weighted by Gasteiger charge is -2.23. The van der Waals surface area contributed by atoms with Crippen LogP contribution in [0.2, 0.25) is 0 Å². The van der Waals surface area contributed by atoms with E-state index in [0.29, 0.717) is 17.2 Å². The molecule has 0 bridgehead atoms. The van der Waals surface area contributed by atoms with E-state index in [1.165, 1.54) is 5.56 Å². The maximum absolute atomic E-state index is 12.1. The van der Waals surface area contributed by atoms with Crippen molar-refractivity contribution < 1.29 is 19.0 Å². The van der Waals surface area contributed by atoms with E-state index in [2.05, 4.69) is 37.5 Å². The highest BCUT2D eigenvalue weighted by Crippen LogP contribution is 2.32. The Hall–Kier alpha value is -2.89. The molecule has 2 amide bonds. The number of carbonyl (C=O) groups is 1. The summed E-state index contributed by atoms with van der Waals surface area (Å²) in [6, 6.07) is 10.8. The van der Waals surface area contributed by atoms with Crippen LogP contribution in [0, 0.1) is 6.92 Å². The third-order valence-electron chi connectivity index (χ3n) is 4.04. The Morgan fingerprint density at radius 2 is 1.63 bits per heavy atom. The monoisotopic (exact) mass is 372 g/mol. The van der Waals surface area contributed by atoms with Crippen LogP contribution < -0.4 is 24.8 Å². The predicted octanol–water partition coefficient (Wildman–Crippen LogP) is 4.47. The molecular weight excluding hydrogens is 344 g/mol. The molecule has 27 heavy (non-hydrogen) atoms. The second kappa shape index (κ2) is 8.66. The molecule has 0 fully saturated rings. The second-order valence-electron chi connectivity index (χ2n) is 7.24. The van der Waals surface area contributed by atoms with Crippen LogP contribution in [0.3, 0.4) is 0 Å². The van der Waals surface area contributed by atoms with Gasteiger partial charge in [0.15, 0.2) is 18.2 Å². The molecule has 2 N–H and O–H groups in total. The lowest BCUT2D eigenvalue weighted by Crippen LogP contribution is -2.32. The first kappa shape index (κ1) is 20.4. The quantitative estimate of drug-likeness (QED) is 0.734. The molecule has 0 aliphatic rings. The Morgan fingerprint density at radius 3 is 2.26 bits per heavy atom. The number of hydrogen-bond donors (Lipinski definition) is 2. The summed E-state index contributed by atoms with van der Waals surface area (Å²) >= 11 is 0. The lowest BCUT2D eigenvalue weighted by molar-refractivity contribution is 0.233. The van der Waals surface area contributed by atoms with Gasteiger partial charge in [-0.25, -0.2) is 4.79 Å². The van der Waals surface area contributed by atoms with Gasteiger partial charge in [-0.15, -0.1) is 0 Å². The van der Waals surface area contributed by atoms with E-state index < -0.39 is 0 Å². The molecule has 2 aromatic rings. The SMILES string of the molecule is COc1ccc(NC(=O)NCOc2ccc(C)cc2C(C)(C)C)cc1OC. The van der Waals surface area contributed by atoms with Crippen LogP contribution in [0.25, 0.3) is 0 Å². The van der Waals surface area contributed by atoms with E-state index in [1.54, 1.807) is 32.4 Å². The van der Waals surface area contributed by atoms with Crippen LogP contribution in [0.1, 0.15) is 31.9 Å². The van der Waals surface area contributed by atoms with Gasteiger partial charge < -0.3 is 24.8 Å². The number of benzene rings is 2. The third-order valence-corrected chi connectivity index (χ3v) is 4.04. The van der Waals surface area contributed by atoms with Gasteiger partial charge in [0.1, 0.15) is 5.75 Å². The van der Waals surface area contributed by atoms with Gasteiger partial charge in [-0.2, -0.15) is 0 Å². The van der Waals surface area contributed by atoms with Gasteiger partial charge in [0.05, 0.1) is 14.2 Å². The number of anilines is 1. The number of amides is 2. The molecule has 6 nitrogen and oxygen atoms in total. The van der Waals surface area contributed by atoms with E-state index in [9.17, 15) is 4.79 Å². The summed E-state index contributed by atoms with van der Waals surface area (Å²) in [5.41, 5.74) is 2.82. The molecule has 6 heteroatoms. The molecule has 0 unspecified atom stereocenters. The first-order valence-corrected chi connectivity index (χ1v) is 8.75. The number of methoxy groups -OCH3 is 2. The van der Waals surface area contributed by atoms with Crippen LogP contribution in [0.15, 0.2) is 36.4 Å². The largest absolute Gasteiger partial charge is 0.493 e. The highest BCUT2D eigenvalue weighted by molar-refractivity contribution is 5.89. The molecule has 0 aromatic heterocycles. The van der Waals surface area contributed by atoms with Gasteiger partial charge in [-0.1, -0.05) is 38.5 Å². The van der Waals surface area contributed by atoms with Crippen molar-refractivity contribution in [2.24, 2.45) is 0 Å². The number of nitrogens with one attached hydrogen (secondary N) is 2. The topological polar surface area (TPSA) is 68.8 Å². The lowest BCUT2D eigenvalue weighted by atomic mass is 9.85. The van der Waals surface area contributed by atoms with Crippen LogP contribution in [0.5, 0.6) is 17.2 Å². The Labute approximate surface area is 160 Å². The highest BCUT2D eigenvalue weighted by Gasteiger charge is 2.19. The molecule has 0 heterocycles. The van der Waals surface area contributed by atoms with E-state index in [1.807, 2.05) is 19.1 Å². The molecule has 0 atom stereocenters. The van der Waals surface area contributed by atoms with Crippen LogP contribution in [0.4, 0.5) is 10.5 Å². The predicted molar refractivity (Wildman–Crippen MR) is 107 cm³/mol. The molecular formula is C21H28N2O4. The molecule has 2 rings (SSSR count). The molecule has 0 spiro atoms. The molecule has 0 aliphatic heterocycles. The first-order chi connectivity index (χ1) is 12.7. The normalized spacial score (nSPS) is 10.9. The standard InChI is InChI=1S/C21H28N2O4/c1-14-7-9-17(16(11-14)21(2,3)4)27-13-22-20(24)23-15-8-10-18(25-5)19(12-15)26-6/h7-12H,13H2,1-6H3,(H2,22,23,24). The molecule has 146 valence electrons. The van der Waals surface area contributed by atoms with Crippen molar-refractivity contribution in [2.75, 3.05) is 26.3 Å². The summed E-state index contributed by atoms with van der Waals surface area (Å²) in [5.74, 6) is 1.90. The van der Waals surface area contributed by atoms with Gasteiger partial charge in [-0.3, -0.25) is 0 Å². The third kappa shape index (κ3) is 5.54. The number of hydrogen-bond acceptors (Lipinski definition) is 4. The number of carbonyl (C=O) groups excluding carboxylic acids is 1. The average molecular weight is 372 g/mol. The van der Waals surface area contributed by atoms with Crippen molar-refractivity contribution in [2.45, 2.75) is 33.1 Å². The number of urea groups is 1. The maximum atomic E-state index is 12.1. The van der Waals surface area contributed by atoms with E-state index in [0.717, 1.165) is 11.3 Å². The van der Waals surface area contributed by atoms with Crippen molar-refractivity contribution in [1.82, 2.24) is 5.32 Å². The minimum absolute atomic E-state index is 0.0523. The fourth-order valence-electron chi connectivity index (χ4n) is 2.62. The molecule has 0 aliphatic carbocycles. The summed E-state index contributed by atoms with van der Waals surface area (Å²) in [6.07, 6.45) is 0. The fourth-order valence-corrected chi connectivity index (χ4v) is 2.62. The van der Waals surface area contributed by atoms with Crippen molar-refractivity contribution in [3.63, 3.8) is 0 Å². The Balaban J connectivity index is 1.96. The fraction of sp³-hybridized carbons (Fsp3) is 0.381. The minimum atomic E-state index is -0.369. The summed E-state index contributed by atoms with van der Waals surface area (Å²) in [7, 11) is 3.11. The minimum Gasteiger partial charge on any atom is -0.493 e. The molecule has 2 aromatic carbocycles. The molecule has 0 radical (unpaired) electrons. The van der Waals surface area contributed by atoms with Gasteiger partial charge in [0.2, 0.25) is 0 Å². The van der Waals surface area contributed by atoms with Crippen LogP contribution >= 0.6 is 0 Å². The first-order valence-electron chi connectivity index (χ1n) is 8.75. The van der Waals surface area contributed by atoms with Crippen LogP contribution in [-0.2, 0) is 5.41 Å². The van der Waals surface area contributed by atoms with Crippen molar-refractivity contribution in [3.8, 4) is 17.2 Å².